The summed E-state index contributed by atoms with van der Waals surface area (Å²) in [5.41, 5.74) is 0.727. The van der Waals surface area contributed by atoms with Crippen LogP contribution in [0.5, 0.6) is 0 Å². The van der Waals surface area contributed by atoms with Crippen molar-refractivity contribution in [2.24, 2.45) is 5.92 Å². The maximum Gasteiger partial charge on any atom is 0.223 e. The molecule has 1 aromatic carbocycles. The first-order valence-electron chi connectivity index (χ1n) is 8.91. The van der Waals surface area contributed by atoms with Gasteiger partial charge in [-0.2, -0.15) is 0 Å². The molecule has 134 valence electrons. The van der Waals surface area contributed by atoms with Crippen molar-refractivity contribution in [3.8, 4) is 0 Å². The predicted octanol–water partition coefficient (Wildman–Crippen LogP) is 2.44. The van der Waals surface area contributed by atoms with Gasteiger partial charge in [-0.05, 0) is 38.4 Å². The summed E-state index contributed by atoms with van der Waals surface area (Å²) >= 11 is 0. The Morgan fingerprint density at radius 3 is 2.80 bits per heavy atom. The molecule has 1 aliphatic rings. The second kappa shape index (κ2) is 8.76. The van der Waals surface area contributed by atoms with Gasteiger partial charge in [-0.1, -0.05) is 18.2 Å². The molecule has 1 aromatic heterocycles. The number of rotatable bonds is 7. The molecule has 1 aliphatic heterocycles. The summed E-state index contributed by atoms with van der Waals surface area (Å²) in [4.78, 5) is 18.5. The van der Waals surface area contributed by atoms with Crippen molar-refractivity contribution in [1.82, 2.24) is 19.8 Å². The van der Waals surface area contributed by atoms with E-state index in [1.165, 1.54) is 6.07 Å². The smallest absolute Gasteiger partial charge is 0.223 e. The summed E-state index contributed by atoms with van der Waals surface area (Å²) in [6.45, 7) is 3.84. The lowest BCUT2D eigenvalue weighted by molar-refractivity contribution is -0.126. The highest BCUT2D eigenvalue weighted by Gasteiger charge is 2.25. The lowest BCUT2D eigenvalue weighted by Crippen LogP contribution is -2.40. The lowest BCUT2D eigenvalue weighted by atomic mass is 9.95. The van der Waals surface area contributed by atoms with Gasteiger partial charge in [-0.3, -0.25) is 9.69 Å². The van der Waals surface area contributed by atoms with E-state index in [0.717, 1.165) is 44.5 Å². The van der Waals surface area contributed by atoms with Crippen molar-refractivity contribution in [2.45, 2.75) is 32.4 Å². The van der Waals surface area contributed by atoms with Crippen molar-refractivity contribution in [3.63, 3.8) is 0 Å². The van der Waals surface area contributed by atoms with Crippen molar-refractivity contribution < 1.29 is 9.18 Å². The maximum absolute atomic E-state index is 13.7. The first-order valence-corrected chi connectivity index (χ1v) is 8.91. The Morgan fingerprint density at radius 2 is 2.08 bits per heavy atom. The number of benzene rings is 1. The summed E-state index contributed by atoms with van der Waals surface area (Å²) in [6.07, 6.45) is 8.03. The van der Waals surface area contributed by atoms with E-state index >= 15 is 0 Å². The number of amides is 1. The van der Waals surface area contributed by atoms with Crippen LogP contribution in [0.3, 0.4) is 0 Å². The summed E-state index contributed by atoms with van der Waals surface area (Å²) < 4.78 is 15.7. The van der Waals surface area contributed by atoms with Gasteiger partial charge in [-0.25, -0.2) is 9.37 Å². The molecule has 1 fully saturated rings. The molecular formula is C19H25FN4O. The third-order valence-corrected chi connectivity index (χ3v) is 4.76. The molecule has 0 spiro atoms. The van der Waals surface area contributed by atoms with Gasteiger partial charge in [-0.15, -0.1) is 0 Å². The molecule has 0 aliphatic carbocycles. The number of imidazole rings is 1. The number of halogens is 1. The number of aryl methyl sites for hydroxylation is 1. The molecule has 1 N–H and O–H groups in total. The van der Waals surface area contributed by atoms with Crippen molar-refractivity contribution in [2.75, 3.05) is 19.6 Å². The minimum absolute atomic E-state index is 0.0742. The molecule has 1 saturated heterocycles. The number of nitrogens with one attached hydrogen (secondary N) is 1. The van der Waals surface area contributed by atoms with Crippen LogP contribution in [0.2, 0.25) is 0 Å². The molecular weight excluding hydrogens is 319 g/mol. The Balaban J connectivity index is 1.35. The zero-order valence-corrected chi connectivity index (χ0v) is 14.4. The van der Waals surface area contributed by atoms with Crippen molar-refractivity contribution in [3.05, 3.63) is 54.4 Å². The van der Waals surface area contributed by atoms with Crippen molar-refractivity contribution >= 4 is 5.91 Å². The highest BCUT2D eigenvalue weighted by Crippen LogP contribution is 2.20. The van der Waals surface area contributed by atoms with Gasteiger partial charge >= 0.3 is 0 Å². The van der Waals surface area contributed by atoms with Crippen molar-refractivity contribution in [1.29, 1.82) is 0 Å². The SMILES string of the molecule is O=C(NCCCn1ccnc1)C1CCN(Cc2ccccc2F)CC1. The fraction of sp³-hybridized carbons (Fsp3) is 0.474. The topological polar surface area (TPSA) is 50.2 Å². The minimum atomic E-state index is -0.153. The number of carbonyl (C=O) groups is 1. The van der Waals surface area contributed by atoms with E-state index in [2.05, 4.69) is 15.2 Å². The molecule has 3 rings (SSSR count). The monoisotopic (exact) mass is 344 g/mol. The normalized spacial score (nSPS) is 16.0. The summed E-state index contributed by atoms with van der Waals surface area (Å²) in [5, 5.41) is 3.04. The van der Waals surface area contributed by atoms with Crippen LogP contribution in [0.1, 0.15) is 24.8 Å². The quantitative estimate of drug-likeness (QED) is 0.785. The minimum Gasteiger partial charge on any atom is -0.356 e. The Hall–Kier alpha value is -2.21. The molecule has 2 aromatic rings. The number of carbonyl (C=O) groups excluding carboxylic acids is 1. The van der Waals surface area contributed by atoms with Crippen LogP contribution in [0.15, 0.2) is 43.0 Å². The number of piperidine rings is 1. The molecule has 2 heterocycles. The van der Waals surface area contributed by atoms with Gasteiger partial charge in [0.05, 0.1) is 6.33 Å². The molecule has 25 heavy (non-hydrogen) atoms. The molecule has 5 nitrogen and oxygen atoms in total. The van der Waals surface area contributed by atoms with Crippen LogP contribution < -0.4 is 5.32 Å². The predicted molar refractivity (Wildman–Crippen MR) is 94.3 cm³/mol. The van der Waals surface area contributed by atoms with E-state index in [1.807, 2.05) is 22.9 Å². The number of aromatic nitrogens is 2. The highest BCUT2D eigenvalue weighted by molar-refractivity contribution is 5.78. The van der Waals surface area contributed by atoms with E-state index in [9.17, 15) is 9.18 Å². The average Bonchev–Trinajstić information content (AvgIpc) is 3.15. The van der Waals surface area contributed by atoms with Crippen LogP contribution in [-0.4, -0.2) is 40.0 Å². The fourth-order valence-corrected chi connectivity index (χ4v) is 3.26. The van der Waals surface area contributed by atoms with E-state index in [0.29, 0.717) is 13.1 Å². The van der Waals surface area contributed by atoms with Crippen LogP contribution in [0.4, 0.5) is 4.39 Å². The Bertz CT molecular complexity index is 666. The molecule has 6 heteroatoms. The molecule has 1 amide bonds. The van der Waals surface area contributed by atoms with Crippen LogP contribution >= 0.6 is 0 Å². The zero-order chi connectivity index (χ0) is 17.5. The third-order valence-electron chi connectivity index (χ3n) is 4.76. The standard InChI is InChI=1S/C19H25FN4O/c20-18-5-2-1-4-17(18)14-23-11-6-16(7-12-23)19(25)22-8-3-10-24-13-9-21-15-24/h1-2,4-5,9,13,15-16H,3,6-8,10-12,14H2,(H,22,25). The van der Waals surface area contributed by atoms with Gasteiger partial charge in [0.2, 0.25) is 5.91 Å². The Kier molecular flexibility index (Phi) is 6.17. The molecule has 0 saturated carbocycles. The maximum atomic E-state index is 13.7. The third kappa shape index (κ3) is 5.13. The molecule has 0 bridgehead atoms. The summed E-state index contributed by atoms with van der Waals surface area (Å²) in [5.74, 6) is 0.0709. The van der Waals surface area contributed by atoms with E-state index in [-0.39, 0.29) is 17.6 Å². The van der Waals surface area contributed by atoms with Crippen LogP contribution in [0.25, 0.3) is 0 Å². The van der Waals surface area contributed by atoms with Gasteiger partial charge in [0.1, 0.15) is 5.82 Å². The van der Waals surface area contributed by atoms with Gasteiger partial charge < -0.3 is 9.88 Å². The Labute approximate surface area is 147 Å². The summed E-state index contributed by atoms with van der Waals surface area (Å²) in [6, 6.07) is 6.90. The number of likely N-dealkylation sites (tertiary alicyclic amines) is 1. The number of nitrogens with zero attached hydrogens (tertiary/aromatic N) is 3. The van der Waals surface area contributed by atoms with Gasteiger partial charge in [0.25, 0.3) is 0 Å². The van der Waals surface area contributed by atoms with E-state index < -0.39 is 0 Å². The summed E-state index contributed by atoms with van der Waals surface area (Å²) in [7, 11) is 0. The molecule has 0 atom stereocenters. The fourth-order valence-electron chi connectivity index (χ4n) is 3.26. The van der Waals surface area contributed by atoms with Crippen LogP contribution in [-0.2, 0) is 17.9 Å². The van der Waals surface area contributed by atoms with Crippen LogP contribution in [0, 0.1) is 11.7 Å². The average molecular weight is 344 g/mol. The number of hydrogen-bond donors (Lipinski definition) is 1. The van der Waals surface area contributed by atoms with E-state index in [1.54, 1.807) is 18.6 Å². The first-order chi connectivity index (χ1) is 12.2. The van der Waals surface area contributed by atoms with Gasteiger partial charge in [0, 0.05) is 43.5 Å². The first kappa shape index (κ1) is 17.6. The second-order valence-corrected chi connectivity index (χ2v) is 6.59. The van der Waals surface area contributed by atoms with E-state index in [4.69, 9.17) is 0 Å². The largest absolute Gasteiger partial charge is 0.356 e. The Morgan fingerprint density at radius 1 is 1.28 bits per heavy atom. The lowest BCUT2D eigenvalue weighted by Gasteiger charge is -2.31. The molecule has 0 radical (unpaired) electrons. The number of hydrogen-bond acceptors (Lipinski definition) is 3. The highest BCUT2D eigenvalue weighted by atomic mass is 19.1. The molecule has 0 unspecified atom stereocenters. The second-order valence-electron chi connectivity index (χ2n) is 6.59. The van der Waals surface area contributed by atoms with Gasteiger partial charge in [0.15, 0.2) is 0 Å². The zero-order valence-electron chi connectivity index (χ0n) is 14.4.